The second-order valence-electron chi connectivity index (χ2n) is 5.70. The number of amides is 2. The van der Waals surface area contributed by atoms with Gasteiger partial charge in [-0.05, 0) is 24.1 Å². The third-order valence-electron chi connectivity index (χ3n) is 3.75. The van der Waals surface area contributed by atoms with Gasteiger partial charge in [0.2, 0.25) is 0 Å². The molecule has 1 aliphatic rings. The molecule has 0 bridgehead atoms. The summed E-state index contributed by atoms with van der Waals surface area (Å²) in [6, 6.07) is 5.66. The number of nitrogens with two attached hydrogens (primary N) is 1. The number of hydrogen-bond acceptors (Lipinski definition) is 6. The van der Waals surface area contributed by atoms with Gasteiger partial charge in [-0.2, -0.15) is 5.32 Å². The van der Waals surface area contributed by atoms with E-state index < -0.39 is 11.8 Å². The summed E-state index contributed by atoms with van der Waals surface area (Å²) in [6.45, 7) is 2.14. The quantitative estimate of drug-likeness (QED) is 0.360. The maximum absolute atomic E-state index is 13.1. The number of aromatic nitrogens is 2. The summed E-state index contributed by atoms with van der Waals surface area (Å²) in [6.07, 6.45) is 2.03. The van der Waals surface area contributed by atoms with Gasteiger partial charge in [-0.15, -0.1) is 0 Å². The fraction of sp³-hybridized carbons (Fsp3) is 0.294. The number of anilines is 2. The summed E-state index contributed by atoms with van der Waals surface area (Å²) in [5.74, 6) is -1.04. The molecular weight excluding hydrogens is 357 g/mol. The summed E-state index contributed by atoms with van der Waals surface area (Å²) in [5.41, 5.74) is 6.68. The van der Waals surface area contributed by atoms with Crippen LogP contribution in [-0.4, -0.2) is 27.5 Å². The highest BCUT2D eigenvalue weighted by atomic mass is 32.2. The van der Waals surface area contributed by atoms with E-state index in [1.807, 2.05) is 0 Å². The highest BCUT2D eigenvalue weighted by Crippen LogP contribution is 2.35. The maximum atomic E-state index is 13.1. The average molecular weight is 374 g/mol. The van der Waals surface area contributed by atoms with Crippen molar-refractivity contribution in [2.45, 2.75) is 31.5 Å². The van der Waals surface area contributed by atoms with Crippen LogP contribution in [0.4, 0.5) is 21.7 Å². The third kappa shape index (κ3) is 3.77. The van der Waals surface area contributed by atoms with E-state index in [1.165, 1.54) is 28.8 Å². The highest BCUT2D eigenvalue weighted by Gasteiger charge is 2.36. The van der Waals surface area contributed by atoms with Gasteiger partial charge in [0, 0.05) is 5.75 Å². The molecule has 26 heavy (non-hydrogen) atoms. The molecule has 2 aromatic rings. The molecule has 1 aliphatic heterocycles. The predicted octanol–water partition coefficient (Wildman–Crippen LogP) is 2.40. The minimum atomic E-state index is -0.929. The van der Waals surface area contributed by atoms with Gasteiger partial charge in [-0.1, -0.05) is 37.2 Å². The summed E-state index contributed by atoms with van der Waals surface area (Å²) in [4.78, 5) is 34.0. The molecule has 2 amide bonds. The maximum Gasteiger partial charge on any atom is 0.336 e. The van der Waals surface area contributed by atoms with Gasteiger partial charge in [0.05, 0.1) is 6.54 Å². The second-order valence-corrected chi connectivity index (χ2v) is 6.76. The molecule has 3 rings (SSSR count). The van der Waals surface area contributed by atoms with Crippen LogP contribution < -0.4 is 16.0 Å². The smallest absolute Gasteiger partial charge is 0.336 e. The number of halogens is 1. The molecule has 0 saturated heterocycles. The zero-order valence-electron chi connectivity index (χ0n) is 14.1. The number of benzene rings is 1. The molecule has 1 aromatic carbocycles. The van der Waals surface area contributed by atoms with Crippen molar-refractivity contribution < 1.29 is 14.0 Å². The van der Waals surface area contributed by atoms with Crippen molar-refractivity contribution in [2.75, 3.05) is 16.4 Å². The first-order valence-electron chi connectivity index (χ1n) is 8.12. The minimum absolute atomic E-state index is 0.0546. The monoisotopic (exact) mass is 374 g/mol. The molecule has 0 atom stereocenters. The first kappa shape index (κ1) is 18.1. The summed E-state index contributed by atoms with van der Waals surface area (Å²) >= 11 is 1.43. The Bertz CT molecular complexity index is 844. The SMILES string of the molecule is CCCCSc1nc(N)c2c(n1)N(Cc1ccc(F)cc1)C(=O)C(=O)[N]2. The lowest BCUT2D eigenvalue weighted by atomic mass is 10.2. The molecular formula is C17H17FN5O2S. The van der Waals surface area contributed by atoms with Gasteiger partial charge in [0.25, 0.3) is 0 Å². The largest absolute Gasteiger partial charge is 0.382 e. The van der Waals surface area contributed by atoms with Crippen molar-refractivity contribution in [3.63, 3.8) is 0 Å². The van der Waals surface area contributed by atoms with Crippen LogP contribution in [0.5, 0.6) is 0 Å². The molecule has 0 unspecified atom stereocenters. The van der Waals surface area contributed by atoms with Crippen LogP contribution in [0.1, 0.15) is 25.3 Å². The van der Waals surface area contributed by atoms with E-state index in [0.717, 1.165) is 18.6 Å². The molecule has 0 spiro atoms. The molecule has 7 nitrogen and oxygen atoms in total. The van der Waals surface area contributed by atoms with Crippen molar-refractivity contribution in [2.24, 2.45) is 0 Å². The minimum Gasteiger partial charge on any atom is -0.382 e. The van der Waals surface area contributed by atoms with Crippen molar-refractivity contribution in [3.8, 4) is 0 Å². The van der Waals surface area contributed by atoms with Crippen LogP contribution >= 0.6 is 11.8 Å². The lowest BCUT2D eigenvalue weighted by Gasteiger charge is -2.27. The zero-order chi connectivity index (χ0) is 18.7. The number of fused-ring (bicyclic) bond motifs is 1. The van der Waals surface area contributed by atoms with Gasteiger partial charge < -0.3 is 5.73 Å². The number of rotatable bonds is 6. The van der Waals surface area contributed by atoms with Crippen molar-refractivity contribution in [1.82, 2.24) is 15.3 Å². The second kappa shape index (κ2) is 7.69. The van der Waals surface area contributed by atoms with E-state index >= 15 is 0 Å². The average Bonchev–Trinajstić information content (AvgIpc) is 2.62. The lowest BCUT2D eigenvalue weighted by molar-refractivity contribution is -0.137. The van der Waals surface area contributed by atoms with Gasteiger partial charge >= 0.3 is 11.8 Å². The topological polar surface area (TPSA) is 103 Å². The molecule has 2 heterocycles. The van der Waals surface area contributed by atoms with E-state index in [-0.39, 0.29) is 29.7 Å². The molecule has 2 N–H and O–H groups in total. The number of carbonyl (C=O) groups excluding carboxylic acids is 2. The third-order valence-corrected chi connectivity index (χ3v) is 4.69. The van der Waals surface area contributed by atoms with Crippen molar-refractivity contribution >= 4 is 40.9 Å². The normalized spacial score (nSPS) is 13.5. The number of thioether (sulfide) groups is 1. The van der Waals surface area contributed by atoms with E-state index in [9.17, 15) is 14.0 Å². The fourth-order valence-electron chi connectivity index (χ4n) is 2.39. The molecule has 135 valence electrons. The van der Waals surface area contributed by atoms with Crippen LogP contribution in [-0.2, 0) is 16.1 Å². The summed E-state index contributed by atoms with van der Waals surface area (Å²) in [5, 5.41) is 4.15. The van der Waals surface area contributed by atoms with Gasteiger partial charge in [0.15, 0.2) is 22.5 Å². The Balaban J connectivity index is 1.95. The van der Waals surface area contributed by atoms with Crippen molar-refractivity contribution in [1.29, 1.82) is 0 Å². The first-order chi connectivity index (χ1) is 12.5. The Labute approximate surface area is 154 Å². The standard InChI is InChI=1S/C17H17FN5O2S/c1-2-3-8-26-17-21-13(19)12-14(22-17)23(16(25)15(24)20-12)9-10-4-6-11(18)7-5-10/h4-7H,2-3,8-9H2,1H3,(H2,19,21,22). The molecule has 1 radical (unpaired) electrons. The zero-order valence-corrected chi connectivity index (χ0v) is 14.9. The van der Waals surface area contributed by atoms with Gasteiger partial charge in [-0.25, -0.2) is 14.4 Å². The van der Waals surface area contributed by atoms with E-state index in [4.69, 9.17) is 5.73 Å². The highest BCUT2D eigenvalue weighted by molar-refractivity contribution is 7.99. The fourth-order valence-corrected chi connectivity index (χ4v) is 3.32. The number of nitrogen functional groups attached to an aromatic ring is 1. The number of nitrogens with zero attached hydrogens (tertiary/aromatic N) is 4. The van der Waals surface area contributed by atoms with Crippen LogP contribution in [0, 0.1) is 5.82 Å². The summed E-state index contributed by atoms with van der Waals surface area (Å²) in [7, 11) is 0. The Kier molecular flexibility index (Phi) is 5.36. The Morgan fingerprint density at radius 1 is 1.19 bits per heavy atom. The van der Waals surface area contributed by atoms with Gasteiger partial charge in [0.1, 0.15) is 5.82 Å². The molecule has 0 fully saturated rings. The van der Waals surface area contributed by atoms with Crippen LogP contribution in [0.3, 0.4) is 0 Å². The van der Waals surface area contributed by atoms with Crippen LogP contribution in [0.25, 0.3) is 0 Å². The summed E-state index contributed by atoms with van der Waals surface area (Å²) < 4.78 is 13.1. The predicted molar refractivity (Wildman–Crippen MR) is 96.5 cm³/mol. The van der Waals surface area contributed by atoms with Gasteiger partial charge in [-0.3, -0.25) is 14.5 Å². The van der Waals surface area contributed by atoms with Crippen LogP contribution in [0.2, 0.25) is 0 Å². The lowest BCUT2D eigenvalue weighted by Crippen LogP contribution is -2.44. The number of unbranched alkanes of at least 4 members (excludes halogenated alkanes) is 1. The molecule has 1 aromatic heterocycles. The van der Waals surface area contributed by atoms with E-state index in [2.05, 4.69) is 22.2 Å². The Hall–Kier alpha value is -2.68. The van der Waals surface area contributed by atoms with Crippen molar-refractivity contribution in [3.05, 3.63) is 35.6 Å². The molecule has 0 aliphatic carbocycles. The molecule has 9 heteroatoms. The number of hydrogen-bond donors (Lipinski definition) is 1. The number of carbonyl (C=O) groups is 2. The Morgan fingerprint density at radius 3 is 2.62 bits per heavy atom. The Morgan fingerprint density at radius 2 is 1.92 bits per heavy atom. The van der Waals surface area contributed by atoms with E-state index in [0.29, 0.717) is 10.7 Å². The van der Waals surface area contributed by atoms with Crippen LogP contribution in [0.15, 0.2) is 29.4 Å². The first-order valence-corrected chi connectivity index (χ1v) is 9.10. The van der Waals surface area contributed by atoms with E-state index in [1.54, 1.807) is 12.1 Å². The molecule has 0 saturated carbocycles.